The van der Waals surface area contributed by atoms with E-state index >= 15 is 0 Å². The molecule has 0 radical (unpaired) electrons. The summed E-state index contributed by atoms with van der Waals surface area (Å²) in [5.74, 6) is 0. The van der Waals surface area contributed by atoms with Crippen LogP contribution in [0.2, 0.25) is 0 Å². The minimum Gasteiger partial charge on any atom is -0.396 e. The maximum Gasteiger partial charge on any atom is 0.0865 e. The number of alkyl halides is 2. The van der Waals surface area contributed by atoms with Gasteiger partial charge >= 0.3 is 0 Å². The summed E-state index contributed by atoms with van der Waals surface area (Å²) in [6.45, 7) is 1.65. The first-order valence-corrected chi connectivity index (χ1v) is 4.04. The lowest BCUT2D eigenvalue weighted by Crippen LogP contribution is -2.29. The van der Waals surface area contributed by atoms with Gasteiger partial charge in [0.05, 0.1) is 16.9 Å². The molecule has 0 saturated heterocycles. The molecule has 2 nitrogen and oxygen atoms in total. The van der Waals surface area contributed by atoms with Gasteiger partial charge in [0.1, 0.15) is 0 Å². The first-order valence-electron chi connectivity index (χ1n) is 3.16. The topological polar surface area (TPSA) is 40.5 Å². The van der Waals surface area contributed by atoms with Crippen LogP contribution in [0.25, 0.3) is 0 Å². The molecule has 0 heterocycles. The highest BCUT2D eigenvalue weighted by Crippen LogP contribution is 2.14. The standard InChI is InChI=1S/C6H12Cl2O2/c1-4(7)6(10)5(8)2-3-9/h4-6,9-10H,2-3H2,1H3. The van der Waals surface area contributed by atoms with Crippen molar-refractivity contribution in [2.45, 2.75) is 30.2 Å². The molecule has 0 rings (SSSR count). The fraction of sp³-hybridized carbons (Fsp3) is 1.00. The fourth-order valence-electron chi connectivity index (χ4n) is 0.582. The van der Waals surface area contributed by atoms with Gasteiger partial charge in [-0.2, -0.15) is 0 Å². The lowest BCUT2D eigenvalue weighted by atomic mass is 10.1. The zero-order valence-corrected chi connectivity index (χ0v) is 7.31. The second kappa shape index (κ2) is 5.19. The third-order valence-electron chi connectivity index (χ3n) is 1.25. The third kappa shape index (κ3) is 3.62. The number of aliphatic hydroxyl groups excluding tert-OH is 2. The molecular weight excluding hydrogens is 175 g/mol. The van der Waals surface area contributed by atoms with Gasteiger partial charge in [-0.3, -0.25) is 0 Å². The normalized spacial score (nSPS) is 20.1. The smallest absolute Gasteiger partial charge is 0.0865 e. The van der Waals surface area contributed by atoms with Crippen molar-refractivity contribution < 1.29 is 10.2 Å². The SMILES string of the molecule is CC(Cl)C(O)C(Cl)CCO. The second-order valence-corrected chi connectivity index (χ2v) is 3.45. The van der Waals surface area contributed by atoms with Crippen molar-refractivity contribution in [1.29, 1.82) is 0 Å². The molecule has 3 unspecified atom stereocenters. The van der Waals surface area contributed by atoms with Gasteiger partial charge in [-0.05, 0) is 13.3 Å². The molecule has 0 spiro atoms. The molecule has 0 fully saturated rings. The zero-order chi connectivity index (χ0) is 8.15. The molecule has 4 heteroatoms. The van der Waals surface area contributed by atoms with E-state index in [0.717, 1.165) is 0 Å². The Balaban J connectivity index is 3.58. The molecule has 0 aliphatic carbocycles. The van der Waals surface area contributed by atoms with E-state index in [9.17, 15) is 0 Å². The van der Waals surface area contributed by atoms with E-state index in [-0.39, 0.29) is 12.0 Å². The number of hydrogen-bond donors (Lipinski definition) is 2. The molecule has 0 aromatic rings. The third-order valence-corrected chi connectivity index (χ3v) is 1.98. The van der Waals surface area contributed by atoms with Crippen LogP contribution in [0.5, 0.6) is 0 Å². The van der Waals surface area contributed by atoms with Gasteiger partial charge in [0.15, 0.2) is 0 Å². The summed E-state index contributed by atoms with van der Waals surface area (Å²) in [6.07, 6.45) is -0.366. The van der Waals surface area contributed by atoms with Gasteiger partial charge in [0.2, 0.25) is 0 Å². The maximum absolute atomic E-state index is 9.15. The van der Waals surface area contributed by atoms with Crippen LogP contribution in [0.4, 0.5) is 0 Å². The molecule has 0 aliphatic heterocycles. The molecule has 62 valence electrons. The molecule has 0 aromatic carbocycles. The molecule has 0 aromatic heterocycles. The van der Waals surface area contributed by atoms with Crippen molar-refractivity contribution in [2.24, 2.45) is 0 Å². The van der Waals surface area contributed by atoms with E-state index in [0.29, 0.717) is 6.42 Å². The van der Waals surface area contributed by atoms with E-state index in [1.165, 1.54) is 0 Å². The Kier molecular flexibility index (Phi) is 5.45. The minimum absolute atomic E-state index is 0.0190. The van der Waals surface area contributed by atoms with Gasteiger partial charge in [-0.25, -0.2) is 0 Å². The molecule has 2 N–H and O–H groups in total. The van der Waals surface area contributed by atoms with Crippen LogP contribution in [-0.4, -0.2) is 33.7 Å². The molecule has 10 heavy (non-hydrogen) atoms. The van der Waals surface area contributed by atoms with Crippen LogP contribution in [0.1, 0.15) is 13.3 Å². The number of rotatable bonds is 4. The molecular formula is C6H12Cl2O2. The van der Waals surface area contributed by atoms with E-state index < -0.39 is 11.5 Å². The Morgan fingerprint density at radius 1 is 1.40 bits per heavy atom. The predicted octanol–water partition coefficient (Wildman–Crippen LogP) is 0.964. The Bertz CT molecular complexity index is 87.8. The maximum atomic E-state index is 9.15. The second-order valence-electron chi connectivity index (χ2n) is 2.20. The van der Waals surface area contributed by atoms with Crippen molar-refractivity contribution in [3.63, 3.8) is 0 Å². The van der Waals surface area contributed by atoms with Gasteiger partial charge in [-0.1, -0.05) is 0 Å². The van der Waals surface area contributed by atoms with E-state index in [1.54, 1.807) is 6.92 Å². The van der Waals surface area contributed by atoms with Crippen LogP contribution in [0, 0.1) is 0 Å². The van der Waals surface area contributed by atoms with Gasteiger partial charge < -0.3 is 10.2 Å². The van der Waals surface area contributed by atoms with Crippen molar-refractivity contribution >= 4 is 23.2 Å². The number of hydrogen-bond acceptors (Lipinski definition) is 2. The lowest BCUT2D eigenvalue weighted by Gasteiger charge is -2.17. The molecule has 0 saturated carbocycles. The Morgan fingerprint density at radius 3 is 2.20 bits per heavy atom. The van der Waals surface area contributed by atoms with Crippen LogP contribution in [-0.2, 0) is 0 Å². The minimum atomic E-state index is -0.740. The van der Waals surface area contributed by atoms with Crippen molar-refractivity contribution in [2.75, 3.05) is 6.61 Å². The largest absolute Gasteiger partial charge is 0.396 e. The first-order chi connectivity index (χ1) is 4.59. The molecule has 0 aliphatic rings. The van der Waals surface area contributed by atoms with Crippen molar-refractivity contribution in [3.8, 4) is 0 Å². The Labute approximate surface area is 70.8 Å². The molecule has 0 amide bonds. The highest BCUT2D eigenvalue weighted by atomic mass is 35.5. The number of halogens is 2. The zero-order valence-electron chi connectivity index (χ0n) is 5.80. The lowest BCUT2D eigenvalue weighted by molar-refractivity contribution is 0.153. The summed E-state index contributed by atoms with van der Waals surface area (Å²) >= 11 is 11.2. The van der Waals surface area contributed by atoms with E-state index in [1.807, 2.05) is 0 Å². The average molecular weight is 187 g/mol. The van der Waals surface area contributed by atoms with E-state index in [2.05, 4.69) is 0 Å². The summed E-state index contributed by atoms with van der Waals surface area (Å²) in [4.78, 5) is 0. The first kappa shape index (κ1) is 10.5. The fourth-order valence-corrected chi connectivity index (χ4v) is 1.15. The van der Waals surface area contributed by atoms with Crippen LogP contribution in [0.15, 0.2) is 0 Å². The van der Waals surface area contributed by atoms with Gasteiger partial charge in [0.25, 0.3) is 0 Å². The predicted molar refractivity (Wildman–Crippen MR) is 42.7 cm³/mol. The average Bonchev–Trinajstić information content (AvgIpc) is 1.87. The quantitative estimate of drug-likeness (QED) is 0.643. The summed E-state index contributed by atoms with van der Waals surface area (Å²) in [7, 11) is 0. The van der Waals surface area contributed by atoms with Crippen LogP contribution < -0.4 is 0 Å². The number of aliphatic hydroxyl groups is 2. The van der Waals surface area contributed by atoms with Crippen LogP contribution in [0.3, 0.4) is 0 Å². The summed E-state index contributed by atoms with van der Waals surface area (Å²) in [6, 6.07) is 0. The van der Waals surface area contributed by atoms with Crippen LogP contribution >= 0.6 is 23.2 Å². The monoisotopic (exact) mass is 186 g/mol. The van der Waals surface area contributed by atoms with Crippen molar-refractivity contribution in [1.82, 2.24) is 0 Å². The highest BCUT2D eigenvalue weighted by Gasteiger charge is 2.20. The van der Waals surface area contributed by atoms with Gasteiger partial charge in [-0.15, -0.1) is 23.2 Å². The summed E-state index contributed by atoms with van der Waals surface area (Å²) in [5.41, 5.74) is 0. The highest BCUT2D eigenvalue weighted by molar-refractivity contribution is 6.24. The molecule has 3 atom stereocenters. The summed E-state index contributed by atoms with van der Waals surface area (Å²) < 4.78 is 0. The van der Waals surface area contributed by atoms with Crippen molar-refractivity contribution in [3.05, 3.63) is 0 Å². The van der Waals surface area contributed by atoms with Gasteiger partial charge in [0, 0.05) is 6.61 Å². The molecule has 0 bridgehead atoms. The Morgan fingerprint density at radius 2 is 1.90 bits per heavy atom. The summed E-state index contributed by atoms with van der Waals surface area (Å²) in [5, 5.41) is 16.8. The Hall–Kier alpha value is 0.500. The van der Waals surface area contributed by atoms with E-state index in [4.69, 9.17) is 33.4 Å².